The van der Waals surface area contributed by atoms with Crippen LogP contribution in [0.2, 0.25) is 5.15 Å². The van der Waals surface area contributed by atoms with Gasteiger partial charge in [0.15, 0.2) is 5.15 Å². The van der Waals surface area contributed by atoms with Crippen LogP contribution in [0.5, 0.6) is 0 Å². The van der Waals surface area contributed by atoms with E-state index in [9.17, 15) is 0 Å². The summed E-state index contributed by atoms with van der Waals surface area (Å²) in [5.41, 5.74) is 1.06. The van der Waals surface area contributed by atoms with E-state index in [2.05, 4.69) is 26.1 Å². The summed E-state index contributed by atoms with van der Waals surface area (Å²) in [5.74, 6) is 2.98. The SMILES string of the molecule is Clc1nnc(C2CCCSC2)cc1Br. The largest absolute Gasteiger partial charge is 0.165 e. The van der Waals surface area contributed by atoms with E-state index in [4.69, 9.17) is 11.6 Å². The first-order chi connectivity index (χ1) is 6.77. The lowest BCUT2D eigenvalue weighted by Gasteiger charge is -2.20. The van der Waals surface area contributed by atoms with Crippen molar-refractivity contribution >= 4 is 39.3 Å². The molecular weight excluding hydrogens is 284 g/mol. The predicted molar refractivity (Wildman–Crippen MR) is 64.0 cm³/mol. The van der Waals surface area contributed by atoms with Crippen LogP contribution in [0, 0.1) is 0 Å². The second-order valence-electron chi connectivity index (χ2n) is 3.32. The van der Waals surface area contributed by atoms with Gasteiger partial charge in [-0.1, -0.05) is 11.6 Å². The molecule has 1 fully saturated rings. The van der Waals surface area contributed by atoms with Gasteiger partial charge in [0.1, 0.15) is 0 Å². The van der Waals surface area contributed by atoms with Crippen LogP contribution >= 0.6 is 39.3 Å². The van der Waals surface area contributed by atoms with E-state index in [0.29, 0.717) is 11.1 Å². The fourth-order valence-corrected chi connectivity index (χ4v) is 3.11. The first-order valence-electron chi connectivity index (χ1n) is 4.54. The Bertz CT molecular complexity index is 329. The average molecular weight is 294 g/mol. The van der Waals surface area contributed by atoms with Gasteiger partial charge in [-0.2, -0.15) is 16.9 Å². The fraction of sp³-hybridized carbons (Fsp3) is 0.556. The van der Waals surface area contributed by atoms with Gasteiger partial charge in [-0.3, -0.25) is 0 Å². The van der Waals surface area contributed by atoms with Gasteiger partial charge in [0, 0.05) is 11.7 Å². The van der Waals surface area contributed by atoms with Gasteiger partial charge < -0.3 is 0 Å². The minimum absolute atomic E-state index is 0.442. The molecule has 0 N–H and O–H groups in total. The Morgan fingerprint density at radius 1 is 1.50 bits per heavy atom. The Morgan fingerprint density at radius 3 is 3.00 bits per heavy atom. The lowest BCUT2D eigenvalue weighted by Crippen LogP contribution is -2.11. The average Bonchev–Trinajstić information content (AvgIpc) is 2.23. The molecular formula is C9H10BrClN2S. The molecule has 1 aromatic rings. The molecule has 0 saturated carbocycles. The number of hydrogen-bond acceptors (Lipinski definition) is 3. The van der Waals surface area contributed by atoms with Gasteiger partial charge in [-0.15, -0.1) is 5.10 Å². The predicted octanol–water partition coefficient (Wildman–Crippen LogP) is 3.50. The molecule has 14 heavy (non-hydrogen) atoms. The van der Waals surface area contributed by atoms with Gasteiger partial charge in [0.25, 0.3) is 0 Å². The quantitative estimate of drug-likeness (QED) is 0.792. The smallest absolute Gasteiger partial charge is 0.161 e. The maximum absolute atomic E-state index is 5.79. The van der Waals surface area contributed by atoms with Crippen molar-refractivity contribution in [2.75, 3.05) is 11.5 Å². The van der Waals surface area contributed by atoms with Gasteiger partial charge in [0.2, 0.25) is 0 Å². The highest BCUT2D eigenvalue weighted by atomic mass is 79.9. The molecule has 1 aliphatic rings. The van der Waals surface area contributed by atoms with E-state index >= 15 is 0 Å². The zero-order chi connectivity index (χ0) is 9.97. The molecule has 0 aromatic carbocycles. The maximum Gasteiger partial charge on any atom is 0.165 e. The minimum Gasteiger partial charge on any atom is -0.161 e. The standard InChI is InChI=1S/C9H10BrClN2S/c10-7-4-8(12-13-9(7)11)6-2-1-3-14-5-6/h4,6H,1-3,5H2. The summed E-state index contributed by atoms with van der Waals surface area (Å²) in [6.45, 7) is 0. The third kappa shape index (κ3) is 2.41. The zero-order valence-electron chi connectivity index (χ0n) is 7.54. The molecule has 5 heteroatoms. The maximum atomic E-state index is 5.79. The lowest BCUT2D eigenvalue weighted by atomic mass is 10.0. The van der Waals surface area contributed by atoms with E-state index in [1.54, 1.807) is 0 Å². The molecule has 0 aliphatic carbocycles. The van der Waals surface area contributed by atoms with Crippen LogP contribution in [0.1, 0.15) is 24.5 Å². The molecule has 1 aliphatic heterocycles. The molecule has 1 saturated heterocycles. The topological polar surface area (TPSA) is 25.8 Å². The summed E-state index contributed by atoms with van der Waals surface area (Å²) >= 11 is 11.2. The number of aromatic nitrogens is 2. The fourth-order valence-electron chi connectivity index (χ4n) is 1.54. The molecule has 1 aromatic heterocycles. The van der Waals surface area contributed by atoms with Crippen molar-refractivity contribution in [1.29, 1.82) is 0 Å². The van der Waals surface area contributed by atoms with E-state index in [1.165, 1.54) is 18.6 Å². The van der Waals surface area contributed by atoms with Crippen molar-refractivity contribution in [2.45, 2.75) is 18.8 Å². The summed E-state index contributed by atoms with van der Waals surface area (Å²) in [6.07, 6.45) is 2.49. The third-order valence-electron chi connectivity index (χ3n) is 2.30. The summed E-state index contributed by atoms with van der Waals surface area (Å²) in [4.78, 5) is 0. The van der Waals surface area contributed by atoms with Crippen molar-refractivity contribution in [3.63, 3.8) is 0 Å². The van der Waals surface area contributed by atoms with Crippen LogP contribution in [0.4, 0.5) is 0 Å². The third-order valence-corrected chi connectivity index (χ3v) is 4.63. The Balaban J connectivity index is 2.18. The molecule has 0 amide bonds. The van der Waals surface area contributed by atoms with Crippen molar-refractivity contribution < 1.29 is 0 Å². The number of rotatable bonds is 1. The summed E-state index contributed by atoms with van der Waals surface area (Å²) in [7, 11) is 0. The molecule has 2 rings (SSSR count). The molecule has 0 spiro atoms. The number of halogens is 2. The highest BCUT2D eigenvalue weighted by molar-refractivity contribution is 9.10. The Morgan fingerprint density at radius 2 is 2.36 bits per heavy atom. The summed E-state index contributed by atoms with van der Waals surface area (Å²) in [6, 6.07) is 1.99. The Kier molecular flexibility index (Phi) is 3.68. The minimum atomic E-state index is 0.442. The van der Waals surface area contributed by atoms with Crippen LogP contribution < -0.4 is 0 Å². The van der Waals surface area contributed by atoms with E-state index < -0.39 is 0 Å². The highest BCUT2D eigenvalue weighted by Crippen LogP contribution is 2.31. The normalized spacial score (nSPS) is 22.3. The van der Waals surface area contributed by atoms with E-state index in [0.717, 1.165) is 15.9 Å². The Hall–Kier alpha value is 0.200. The molecule has 0 bridgehead atoms. The van der Waals surface area contributed by atoms with Crippen LogP contribution in [0.3, 0.4) is 0 Å². The second kappa shape index (κ2) is 4.81. The van der Waals surface area contributed by atoms with Crippen LogP contribution in [0.15, 0.2) is 10.5 Å². The van der Waals surface area contributed by atoms with E-state index in [1.807, 2.05) is 17.8 Å². The molecule has 2 nitrogen and oxygen atoms in total. The van der Waals surface area contributed by atoms with Gasteiger partial charge in [-0.05, 0) is 40.6 Å². The highest BCUT2D eigenvalue weighted by Gasteiger charge is 2.18. The molecule has 2 heterocycles. The van der Waals surface area contributed by atoms with Gasteiger partial charge >= 0.3 is 0 Å². The van der Waals surface area contributed by atoms with Crippen molar-refractivity contribution in [3.05, 3.63) is 21.4 Å². The first kappa shape index (κ1) is 10.7. The second-order valence-corrected chi connectivity index (χ2v) is 5.68. The molecule has 1 atom stereocenters. The Labute approximate surface area is 101 Å². The van der Waals surface area contributed by atoms with Crippen LogP contribution in [-0.4, -0.2) is 21.7 Å². The van der Waals surface area contributed by atoms with E-state index in [-0.39, 0.29) is 0 Å². The van der Waals surface area contributed by atoms with Crippen molar-refractivity contribution in [3.8, 4) is 0 Å². The number of thioether (sulfide) groups is 1. The van der Waals surface area contributed by atoms with Crippen LogP contribution in [0.25, 0.3) is 0 Å². The molecule has 0 radical (unpaired) electrons. The summed E-state index contributed by atoms with van der Waals surface area (Å²) < 4.78 is 0.847. The first-order valence-corrected chi connectivity index (χ1v) is 6.86. The molecule has 1 unspecified atom stereocenters. The van der Waals surface area contributed by atoms with Gasteiger partial charge in [-0.25, -0.2) is 0 Å². The van der Waals surface area contributed by atoms with Crippen LogP contribution in [-0.2, 0) is 0 Å². The lowest BCUT2D eigenvalue weighted by molar-refractivity contribution is 0.632. The van der Waals surface area contributed by atoms with Gasteiger partial charge in [0.05, 0.1) is 10.2 Å². The summed E-state index contributed by atoms with van der Waals surface area (Å²) in [5, 5.41) is 8.49. The zero-order valence-corrected chi connectivity index (χ0v) is 10.7. The monoisotopic (exact) mass is 292 g/mol. The number of hydrogen-bond donors (Lipinski definition) is 0. The van der Waals surface area contributed by atoms with Crippen molar-refractivity contribution in [2.24, 2.45) is 0 Å². The van der Waals surface area contributed by atoms with Crippen molar-refractivity contribution in [1.82, 2.24) is 10.2 Å². The molecule has 76 valence electrons. The number of nitrogens with zero attached hydrogens (tertiary/aromatic N) is 2.